The van der Waals surface area contributed by atoms with Gasteiger partial charge >= 0.3 is 0 Å². The summed E-state index contributed by atoms with van der Waals surface area (Å²) in [6.45, 7) is 0. The summed E-state index contributed by atoms with van der Waals surface area (Å²) >= 11 is 0. The lowest BCUT2D eigenvalue weighted by atomic mass is 10.1. The lowest BCUT2D eigenvalue weighted by Crippen LogP contribution is -2.09. The van der Waals surface area contributed by atoms with Crippen LogP contribution in [0, 0.1) is 11.3 Å². The number of hydrogen-bond acceptors (Lipinski definition) is 3. The van der Waals surface area contributed by atoms with E-state index in [1.165, 1.54) is 0 Å². The maximum Gasteiger partial charge on any atom is 0.101 e. The Bertz CT molecular complexity index is 555. The van der Waals surface area contributed by atoms with E-state index in [0.717, 1.165) is 11.4 Å². The summed E-state index contributed by atoms with van der Waals surface area (Å²) in [5, 5.41) is 8.82. The molecule has 2 aromatic rings. The predicted molar refractivity (Wildman–Crippen MR) is 70.1 cm³/mol. The molecule has 2 N–H and O–H groups in total. The van der Waals surface area contributed by atoms with Crippen molar-refractivity contribution < 1.29 is 0 Å². The highest BCUT2D eigenvalue weighted by Crippen LogP contribution is 2.26. The number of benzene rings is 2. The number of nitrogen functional groups attached to an aromatic ring is 1. The second kappa shape index (κ2) is 4.58. The van der Waals surface area contributed by atoms with Gasteiger partial charge in [0.15, 0.2) is 0 Å². The third-order valence-electron chi connectivity index (χ3n) is 2.69. The summed E-state index contributed by atoms with van der Waals surface area (Å²) in [5.74, 6) is 0. The minimum Gasteiger partial charge on any atom is -0.398 e. The highest BCUT2D eigenvalue weighted by Gasteiger charge is 2.05. The van der Waals surface area contributed by atoms with Gasteiger partial charge in [0, 0.05) is 18.4 Å². The average molecular weight is 223 g/mol. The molecule has 0 radical (unpaired) electrons. The topological polar surface area (TPSA) is 53.0 Å². The van der Waals surface area contributed by atoms with E-state index in [4.69, 9.17) is 11.0 Å². The minimum atomic E-state index is 0.507. The molecule has 0 fully saturated rings. The number of nitrogens with zero attached hydrogens (tertiary/aromatic N) is 2. The van der Waals surface area contributed by atoms with Gasteiger partial charge < -0.3 is 10.6 Å². The van der Waals surface area contributed by atoms with Gasteiger partial charge in [0.05, 0.1) is 11.3 Å². The first-order valence-corrected chi connectivity index (χ1v) is 5.31. The molecule has 2 rings (SSSR count). The van der Waals surface area contributed by atoms with Crippen molar-refractivity contribution >= 4 is 17.1 Å². The van der Waals surface area contributed by atoms with Gasteiger partial charge in [0.1, 0.15) is 6.07 Å². The van der Waals surface area contributed by atoms with Crippen LogP contribution >= 0.6 is 0 Å². The zero-order chi connectivity index (χ0) is 12.3. The van der Waals surface area contributed by atoms with Gasteiger partial charge in [-0.3, -0.25) is 0 Å². The van der Waals surface area contributed by atoms with E-state index in [2.05, 4.69) is 6.07 Å². The summed E-state index contributed by atoms with van der Waals surface area (Å²) in [4.78, 5) is 2.03. The molecule has 17 heavy (non-hydrogen) atoms. The van der Waals surface area contributed by atoms with Crippen molar-refractivity contribution in [1.82, 2.24) is 0 Å². The highest BCUT2D eigenvalue weighted by molar-refractivity contribution is 5.69. The van der Waals surface area contributed by atoms with Crippen LogP contribution in [0.4, 0.5) is 17.1 Å². The first-order valence-electron chi connectivity index (χ1n) is 5.31. The van der Waals surface area contributed by atoms with E-state index >= 15 is 0 Å². The number of anilines is 3. The number of nitriles is 1. The van der Waals surface area contributed by atoms with E-state index in [1.54, 1.807) is 6.07 Å². The Labute approximate surface area is 101 Å². The van der Waals surface area contributed by atoms with Gasteiger partial charge in [-0.2, -0.15) is 5.26 Å². The molecular weight excluding hydrogens is 210 g/mol. The molecule has 0 heterocycles. The smallest absolute Gasteiger partial charge is 0.101 e. The highest BCUT2D eigenvalue weighted by atomic mass is 15.1. The van der Waals surface area contributed by atoms with E-state index in [1.807, 2.05) is 54.4 Å². The molecule has 0 amide bonds. The SMILES string of the molecule is CN(c1ccccc1)c1ccc(C#N)c(N)c1. The number of para-hydroxylation sites is 1. The van der Waals surface area contributed by atoms with Crippen molar-refractivity contribution in [3.63, 3.8) is 0 Å². The summed E-state index contributed by atoms with van der Waals surface area (Å²) in [5.41, 5.74) is 8.86. The van der Waals surface area contributed by atoms with Crippen LogP contribution in [0.25, 0.3) is 0 Å². The molecule has 0 atom stereocenters. The number of hydrogen-bond donors (Lipinski definition) is 1. The molecule has 0 saturated carbocycles. The molecule has 0 aliphatic heterocycles. The molecule has 84 valence electrons. The van der Waals surface area contributed by atoms with Gasteiger partial charge in [0.2, 0.25) is 0 Å². The minimum absolute atomic E-state index is 0.507. The van der Waals surface area contributed by atoms with Crippen LogP contribution in [0.15, 0.2) is 48.5 Å². The Morgan fingerprint density at radius 2 is 1.76 bits per heavy atom. The van der Waals surface area contributed by atoms with Crippen molar-refractivity contribution in [2.45, 2.75) is 0 Å². The standard InChI is InChI=1S/C14H13N3/c1-17(12-5-3-2-4-6-12)13-8-7-11(10-15)14(16)9-13/h2-9H,16H2,1H3. The zero-order valence-electron chi connectivity index (χ0n) is 9.59. The summed E-state index contributed by atoms with van der Waals surface area (Å²) in [7, 11) is 1.97. The monoisotopic (exact) mass is 223 g/mol. The third kappa shape index (κ3) is 2.21. The first kappa shape index (κ1) is 11.0. The van der Waals surface area contributed by atoms with Crippen LogP contribution in [0.1, 0.15) is 5.56 Å². The Kier molecular flexibility index (Phi) is 2.97. The lowest BCUT2D eigenvalue weighted by molar-refractivity contribution is 1.21. The number of rotatable bonds is 2. The maximum absolute atomic E-state index is 8.82. The van der Waals surface area contributed by atoms with Crippen molar-refractivity contribution in [1.29, 1.82) is 5.26 Å². The van der Waals surface area contributed by atoms with Crippen molar-refractivity contribution in [2.24, 2.45) is 0 Å². The van der Waals surface area contributed by atoms with Gasteiger partial charge in [-0.25, -0.2) is 0 Å². The Balaban J connectivity index is 2.36. The van der Waals surface area contributed by atoms with Crippen LogP contribution in [0.3, 0.4) is 0 Å². The van der Waals surface area contributed by atoms with E-state index < -0.39 is 0 Å². The third-order valence-corrected chi connectivity index (χ3v) is 2.69. The zero-order valence-corrected chi connectivity index (χ0v) is 9.59. The van der Waals surface area contributed by atoms with Crippen LogP contribution in [0.5, 0.6) is 0 Å². The van der Waals surface area contributed by atoms with E-state index in [0.29, 0.717) is 11.3 Å². The van der Waals surface area contributed by atoms with Crippen LogP contribution in [-0.4, -0.2) is 7.05 Å². The summed E-state index contributed by atoms with van der Waals surface area (Å²) in [6.07, 6.45) is 0. The van der Waals surface area contributed by atoms with Crippen molar-refractivity contribution in [2.75, 3.05) is 17.7 Å². The van der Waals surface area contributed by atoms with Gasteiger partial charge in [0.25, 0.3) is 0 Å². The molecule has 0 unspecified atom stereocenters. The Morgan fingerprint density at radius 1 is 1.06 bits per heavy atom. The maximum atomic E-state index is 8.82. The normalized spacial score (nSPS) is 9.65. The van der Waals surface area contributed by atoms with E-state index in [-0.39, 0.29) is 0 Å². The Morgan fingerprint density at radius 3 is 2.35 bits per heavy atom. The molecule has 0 spiro atoms. The predicted octanol–water partition coefficient (Wildman–Crippen LogP) is 2.91. The van der Waals surface area contributed by atoms with Crippen molar-refractivity contribution in [3.05, 3.63) is 54.1 Å². The molecule has 0 aliphatic rings. The van der Waals surface area contributed by atoms with Crippen LogP contribution in [0.2, 0.25) is 0 Å². The fraction of sp³-hybridized carbons (Fsp3) is 0.0714. The van der Waals surface area contributed by atoms with Gasteiger partial charge in [-0.15, -0.1) is 0 Å². The molecule has 0 aliphatic carbocycles. The van der Waals surface area contributed by atoms with Gasteiger partial charge in [-0.1, -0.05) is 18.2 Å². The molecular formula is C14H13N3. The van der Waals surface area contributed by atoms with E-state index in [9.17, 15) is 0 Å². The number of nitrogens with two attached hydrogens (primary N) is 1. The molecule has 3 heteroatoms. The molecule has 3 nitrogen and oxygen atoms in total. The van der Waals surface area contributed by atoms with Gasteiger partial charge in [-0.05, 0) is 30.3 Å². The van der Waals surface area contributed by atoms with Crippen molar-refractivity contribution in [3.8, 4) is 6.07 Å². The lowest BCUT2D eigenvalue weighted by Gasteiger charge is -2.19. The largest absolute Gasteiger partial charge is 0.398 e. The fourth-order valence-corrected chi connectivity index (χ4v) is 1.66. The van der Waals surface area contributed by atoms with Crippen LogP contribution in [-0.2, 0) is 0 Å². The molecule has 2 aromatic carbocycles. The average Bonchev–Trinajstić information content (AvgIpc) is 2.39. The first-order chi connectivity index (χ1) is 8.22. The summed E-state index contributed by atoms with van der Waals surface area (Å²) in [6, 6.07) is 17.5. The molecule has 0 bridgehead atoms. The second-order valence-corrected chi connectivity index (χ2v) is 3.78. The molecule has 0 saturated heterocycles. The Hall–Kier alpha value is -2.47. The quantitative estimate of drug-likeness (QED) is 0.796. The second-order valence-electron chi connectivity index (χ2n) is 3.78. The summed E-state index contributed by atoms with van der Waals surface area (Å²) < 4.78 is 0. The van der Waals surface area contributed by atoms with Crippen LogP contribution < -0.4 is 10.6 Å². The molecule has 0 aromatic heterocycles. The fourth-order valence-electron chi connectivity index (χ4n) is 1.66.